The highest BCUT2D eigenvalue weighted by Crippen LogP contribution is 2.38. The highest BCUT2D eigenvalue weighted by atomic mass is 14.6. The lowest BCUT2D eigenvalue weighted by molar-refractivity contribution is 0.144. The lowest BCUT2D eigenvalue weighted by Crippen LogP contribution is -2.36. The van der Waals surface area contributed by atoms with Crippen LogP contribution < -0.4 is 5.73 Å². The van der Waals surface area contributed by atoms with E-state index in [9.17, 15) is 0 Å². The van der Waals surface area contributed by atoms with Gasteiger partial charge in [0.05, 0.1) is 0 Å². The molecule has 0 fully saturated rings. The maximum absolute atomic E-state index is 5.99. The molecular formula is C13H29N. The number of nitrogens with two attached hydrogens (primary N) is 1. The lowest BCUT2D eigenvalue weighted by atomic mass is 9.69. The van der Waals surface area contributed by atoms with E-state index in [0.29, 0.717) is 5.41 Å². The first-order valence-corrected chi connectivity index (χ1v) is 6.36. The fourth-order valence-corrected chi connectivity index (χ4v) is 2.49. The molecule has 2 unspecified atom stereocenters. The minimum atomic E-state index is 0.423. The van der Waals surface area contributed by atoms with Crippen molar-refractivity contribution in [2.75, 3.05) is 6.54 Å². The Morgan fingerprint density at radius 2 is 1.79 bits per heavy atom. The monoisotopic (exact) mass is 199 g/mol. The van der Waals surface area contributed by atoms with E-state index in [4.69, 9.17) is 5.73 Å². The third kappa shape index (κ3) is 3.61. The zero-order chi connectivity index (χ0) is 11.0. The number of hydrogen-bond acceptors (Lipinski definition) is 1. The highest BCUT2D eigenvalue weighted by Gasteiger charge is 2.31. The van der Waals surface area contributed by atoms with Gasteiger partial charge in [-0.25, -0.2) is 0 Å². The topological polar surface area (TPSA) is 26.0 Å². The van der Waals surface area contributed by atoms with Crippen LogP contribution in [0.15, 0.2) is 0 Å². The zero-order valence-electron chi connectivity index (χ0n) is 10.6. The van der Waals surface area contributed by atoms with Crippen molar-refractivity contribution < 1.29 is 0 Å². The summed E-state index contributed by atoms with van der Waals surface area (Å²) in [6, 6.07) is 0. The van der Waals surface area contributed by atoms with Crippen LogP contribution in [0.3, 0.4) is 0 Å². The largest absolute Gasteiger partial charge is 0.330 e. The molecule has 0 aliphatic rings. The van der Waals surface area contributed by atoms with Crippen LogP contribution in [0.1, 0.15) is 66.2 Å². The Bertz CT molecular complexity index is 127. The SMILES string of the molecule is CCCCC(CC)(CN)C(C)CCC. The molecule has 0 saturated heterocycles. The van der Waals surface area contributed by atoms with E-state index in [1.165, 1.54) is 38.5 Å². The van der Waals surface area contributed by atoms with Crippen molar-refractivity contribution in [3.05, 3.63) is 0 Å². The lowest BCUT2D eigenvalue weighted by Gasteiger charge is -2.38. The summed E-state index contributed by atoms with van der Waals surface area (Å²) in [5, 5.41) is 0. The zero-order valence-corrected chi connectivity index (χ0v) is 10.6. The van der Waals surface area contributed by atoms with Crippen LogP contribution in [0.5, 0.6) is 0 Å². The van der Waals surface area contributed by atoms with Gasteiger partial charge in [-0.05, 0) is 30.7 Å². The molecule has 86 valence electrons. The third-order valence-corrected chi connectivity index (χ3v) is 3.91. The third-order valence-electron chi connectivity index (χ3n) is 3.91. The molecular weight excluding hydrogens is 170 g/mol. The first-order valence-electron chi connectivity index (χ1n) is 6.36. The molecule has 14 heavy (non-hydrogen) atoms. The molecule has 0 aromatic carbocycles. The Kier molecular flexibility index (Phi) is 7.26. The predicted molar refractivity (Wildman–Crippen MR) is 65.4 cm³/mol. The van der Waals surface area contributed by atoms with Crippen LogP contribution in [-0.2, 0) is 0 Å². The van der Waals surface area contributed by atoms with E-state index in [0.717, 1.165) is 12.5 Å². The van der Waals surface area contributed by atoms with Crippen LogP contribution in [0, 0.1) is 11.3 Å². The molecule has 0 saturated carbocycles. The molecule has 2 atom stereocenters. The average molecular weight is 199 g/mol. The molecule has 0 rings (SSSR count). The van der Waals surface area contributed by atoms with E-state index in [1.807, 2.05) is 0 Å². The van der Waals surface area contributed by atoms with Gasteiger partial charge in [-0.3, -0.25) is 0 Å². The molecule has 0 amide bonds. The molecule has 0 aliphatic carbocycles. The normalized spacial score (nSPS) is 17.8. The Labute approximate surface area is 90.5 Å². The van der Waals surface area contributed by atoms with Gasteiger partial charge < -0.3 is 5.73 Å². The van der Waals surface area contributed by atoms with Gasteiger partial charge >= 0.3 is 0 Å². The molecule has 0 aromatic heterocycles. The quantitative estimate of drug-likeness (QED) is 0.629. The van der Waals surface area contributed by atoms with Gasteiger partial charge in [-0.1, -0.05) is 53.4 Å². The van der Waals surface area contributed by atoms with Crippen molar-refractivity contribution in [2.45, 2.75) is 66.2 Å². The summed E-state index contributed by atoms with van der Waals surface area (Å²) in [6.45, 7) is 10.1. The van der Waals surface area contributed by atoms with Gasteiger partial charge in [0.25, 0.3) is 0 Å². The Balaban J connectivity index is 4.33. The van der Waals surface area contributed by atoms with Crippen molar-refractivity contribution >= 4 is 0 Å². The molecule has 0 aliphatic heterocycles. The van der Waals surface area contributed by atoms with Crippen LogP contribution in [0.2, 0.25) is 0 Å². The summed E-state index contributed by atoms with van der Waals surface area (Å²) >= 11 is 0. The summed E-state index contributed by atoms with van der Waals surface area (Å²) in [7, 11) is 0. The summed E-state index contributed by atoms with van der Waals surface area (Å²) in [4.78, 5) is 0. The molecule has 0 bridgehead atoms. The minimum Gasteiger partial charge on any atom is -0.330 e. The number of unbranched alkanes of at least 4 members (excludes halogenated alkanes) is 1. The fraction of sp³-hybridized carbons (Fsp3) is 1.00. The molecule has 2 N–H and O–H groups in total. The van der Waals surface area contributed by atoms with Crippen LogP contribution in [-0.4, -0.2) is 6.54 Å². The average Bonchev–Trinajstić information content (AvgIpc) is 2.21. The first-order chi connectivity index (χ1) is 6.66. The van der Waals surface area contributed by atoms with Crippen LogP contribution >= 0.6 is 0 Å². The van der Waals surface area contributed by atoms with E-state index >= 15 is 0 Å². The Morgan fingerprint density at radius 3 is 2.14 bits per heavy atom. The molecule has 0 aromatic rings. The summed E-state index contributed by atoms with van der Waals surface area (Å²) in [6.07, 6.45) is 7.80. The van der Waals surface area contributed by atoms with E-state index < -0.39 is 0 Å². The summed E-state index contributed by atoms with van der Waals surface area (Å²) in [5.74, 6) is 0.786. The second-order valence-electron chi connectivity index (χ2n) is 4.71. The highest BCUT2D eigenvalue weighted by molar-refractivity contribution is 4.83. The van der Waals surface area contributed by atoms with Crippen molar-refractivity contribution in [3.8, 4) is 0 Å². The molecule has 1 nitrogen and oxygen atoms in total. The maximum atomic E-state index is 5.99. The van der Waals surface area contributed by atoms with E-state index in [-0.39, 0.29) is 0 Å². The van der Waals surface area contributed by atoms with Gasteiger partial charge in [0.15, 0.2) is 0 Å². The summed E-state index contributed by atoms with van der Waals surface area (Å²) < 4.78 is 0. The van der Waals surface area contributed by atoms with Gasteiger partial charge in [0, 0.05) is 0 Å². The molecule has 0 spiro atoms. The van der Waals surface area contributed by atoms with Crippen LogP contribution in [0.25, 0.3) is 0 Å². The number of rotatable bonds is 8. The van der Waals surface area contributed by atoms with Gasteiger partial charge in [0.1, 0.15) is 0 Å². The fourth-order valence-electron chi connectivity index (χ4n) is 2.49. The first kappa shape index (κ1) is 14.0. The van der Waals surface area contributed by atoms with E-state index in [2.05, 4.69) is 27.7 Å². The van der Waals surface area contributed by atoms with Gasteiger partial charge in [-0.2, -0.15) is 0 Å². The Hall–Kier alpha value is -0.0400. The molecule has 1 heteroatoms. The molecule has 0 heterocycles. The Morgan fingerprint density at radius 1 is 1.14 bits per heavy atom. The van der Waals surface area contributed by atoms with E-state index in [1.54, 1.807) is 0 Å². The standard InChI is InChI=1S/C13H29N/c1-5-8-10-13(7-3,11-14)12(4)9-6-2/h12H,5-11,14H2,1-4H3. The van der Waals surface area contributed by atoms with Crippen molar-refractivity contribution in [1.29, 1.82) is 0 Å². The van der Waals surface area contributed by atoms with Crippen molar-refractivity contribution in [1.82, 2.24) is 0 Å². The minimum absolute atomic E-state index is 0.423. The van der Waals surface area contributed by atoms with Crippen molar-refractivity contribution in [2.24, 2.45) is 17.1 Å². The second-order valence-corrected chi connectivity index (χ2v) is 4.71. The van der Waals surface area contributed by atoms with Gasteiger partial charge in [0.2, 0.25) is 0 Å². The predicted octanol–water partition coefficient (Wildman–Crippen LogP) is 3.97. The van der Waals surface area contributed by atoms with Crippen molar-refractivity contribution in [3.63, 3.8) is 0 Å². The second kappa shape index (κ2) is 7.28. The maximum Gasteiger partial charge on any atom is -0.00181 e. The van der Waals surface area contributed by atoms with Gasteiger partial charge in [-0.15, -0.1) is 0 Å². The molecule has 0 radical (unpaired) electrons. The number of hydrogen-bond donors (Lipinski definition) is 1. The van der Waals surface area contributed by atoms with Crippen LogP contribution in [0.4, 0.5) is 0 Å². The summed E-state index contributed by atoms with van der Waals surface area (Å²) in [5.41, 5.74) is 6.41. The smallest absolute Gasteiger partial charge is 0.00181 e.